The van der Waals surface area contributed by atoms with Crippen molar-refractivity contribution in [3.63, 3.8) is 0 Å². The number of rotatable bonds is 9. The average Bonchev–Trinajstić information content (AvgIpc) is 2.70. The molecule has 0 fully saturated rings. The molecule has 1 unspecified atom stereocenters. The van der Waals surface area contributed by atoms with Gasteiger partial charge in [-0.15, -0.1) is 0 Å². The minimum Gasteiger partial charge on any atom is -0.492 e. The van der Waals surface area contributed by atoms with E-state index in [0.717, 1.165) is 16.5 Å². The topological polar surface area (TPSA) is 90.7 Å². The first-order chi connectivity index (χ1) is 14.0. The van der Waals surface area contributed by atoms with Crippen molar-refractivity contribution in [1.29, 1.82) is 0 Å². The van der Waals surface area contributed by atoms with Crippen molar-refractivity contribution < 1.29 is 19.4 Å². The van der Waals surface area contributed by atoms with E-state index < -0.39 is 12.1 Å². The zero-order valence-electron chi connectivity index (χ0n) is 16.5. The van der Waals surface area contributed by atoms with Gasteiger partial charge in [0.1, 0.15) is 12.4 Å². The lowest BCUT2D eigenvalue weighted by atomic mass is 10.1. The van der Waals surface area contributed by atoms with E-state index in [0.29, 0.717) is 37.3 Å². The van der Waals surface area contributed by atoms with Gasteiger partial charge >= 0.3 is 5.97 Å². The second-order valence-electron chi connectivity index (χ2n) is 6.74. The highest BCUT2D eigenvalue weighted by molar-refractivity contribution is 5.81. The van der Waals surface area contributed by atoms with Crippen LogP contribution in [0.3, 0.4) is 0 Å². The Labute approximate surface area is 168 Å². The second-order valence-corrected chi connectivity index (χ2v) is 6.74. The fourth-order valence-corrected chi connectivity index (χ4v) is 3.07. The molecule has 1 atom stereocenters. The number of benzene rings is 2. The van der Waals surface area contributed by atoms with E-state index in [1.807, 2.05) is 37.3 Å². The van der Waals surface area contributed by atoms with Gasteiger partial charge in [0.25, 0.3) is 5.56 Å². The molecule has 2 aromatic carbocycles. The fourth-order valence-electron chi connectivity index (χ4n) is 3.07. The van der Waals surface area contributed by atoms with E-state index in [1.54, 1.807) is 25.3 Å². The number of fused-ring (bicyclic) bond motifs is 1. The number of ether oxygens (including phenoxy) is 2. The Hall–Kier alpha value is -3.19. The molecule has 152 valence electrons. The Morgan fingerprint density at radius 3 is 2.66 bits per heavy atom. The molecule has 7 heteroatoms. The zero-order chi connectivity index (χ0) is 20.8. The molecule has 3 aromatic rings. The summed E-state index contributed by atoms with van der Waals surface area (Å²) >= 11 is 0. The molecule has 0 spiro atoms. The van der Waals surface area contributed by atoms with Crippen LogP contribution in [0.15, 0.2) is 53.5 Å². The largest absolute Gasteiger partial charge is 0.492 e. The Morgan fingerprint density at radius 2 is 1.97 bits per heavy atom. The summed E-state index contributed by atoms with van der Waals surface area (Å²) in [5.74, 6) is -0.336. The van der Waals surface area contributed by atoms with Crippen LogP contribution in [0.2, 0.25) is 0 Å². The number of carboxylic acids is 1. The standard InChI is InChI=1S/C22H24N2O5/c1-3-28-20(22(26)27)13-16-5-7-18(8-6-16)29-11-10-24-21(25)19-9-4-15(2)12-17(19)14-23-24/h4-9,12,14,20H,3,10-11,13H2,1-2H3,(H,26,27). The van der Waals surface area contributed by atoms with Gasteiger partial charge in [0.2, 0.25) is 0 Å². The number of aryl methyl sites for hydroxylation is 1. The van der Waals surface area contributed by atoms with E-state index in [9.17, 15) is 9.59 Å². The normalized spacial score (nSPS) is 12.1. The van der Waals surface area contributed by atoms with Crippen molar-refractivity contribution in [1.82, 2.24) is 9.78 Å². The van der Waals surface area contributed by atoms with E-state index in [1.165, 1.54) is 4.68 Å². The third-order valence-electron chi connectivity index (χ3n) is 4.57. The fraction of sp³-hybridized carbons (Fsp3) is 0.318. The summed E-state index contributed by atoms with van der Waals surface area (Å²) < 4.78 is 12.3. The number of hydrogen-bond donors (Lipinski definition) is 1. The number of nitrogens with zero attached hydrogens (tertiary/aromatic N) is 2. The summed E-state index contributed by atoms with van der Waals surface area (Å²) in [4.78, 5) is 23.7. The van der Waals surface area contributed by atoms with Crippen LogP contribution in [0.25, 0.3) is 10.8 Å². The summed E-state index contributed by atoms with van der Waals surface area (Å²) in [5.41, 5.74) is 1.79. The highest BCUT2D eigenvalue weighted by atomic mass is 16.5. The molecule has 7 nitrogen and oxygen atoms in total. The molecule has 0 saturated heterocycles. The molecule has 0 aliphatic rings. The molecule has 1 heterocycles. The van der Waals surface area contributed by atoms with Crippen LogP contribution in [0.4, 0.5) is 0 Å². The maximum atomic E-state index is 12.5. The van der Waals surface area contributed by atoms with Gasteiger partial charge in [-0.25, -0.2) is 9.48 Å². The molecule has 1 aromatic heterocycles. The molecule has 0 bridgehead atoms. The molecule has 0 aliphatic carbocycles. The van der Waals surface area contributed by atoms with Crippen molar-refractivity contribution in [3.8, 4) is 5.75 Å². The molecular formula is C22H24N2O5. The van der Waals surface area contributed by atoms with E-state index in [2.05, 4.69) is 5.10 Å². The first-order valence-corrected chi connectivity index (χ1v) is 9.50. The number of carboxylic acid groups (broad SMARTS) is 1. The van der Waals surface area contributed by atoms with Gasteiger partial charge in [0.15, 0.2) is 6.10 Å². The van der Waals surface area contributed by atoms with Gasteiger partial charge in [0.05, 0.1) is 18.1 Å². The number of carbonyl (C=O) groups is 1. The average molecular weight is 396 g/mol. The number of hydrogen-bond acceptors (Lipinski definition) is 5. The van der Waals surface area contributed by atoms with Gasteiger partial charge in [-0.2, -0.15) is 5.10 Å². The van der Waals surface area contributed by atoms with Crippen molar-refractivity contribution >= 4 is 16.7 Å². The van der Waals surface area contributed by atoms with Crippen molar-refractivity contribution in [2.45, 2.75) is 32.9 Å². The van der Waals surface area contributed by atoms with E-state index in [-0.39, 0.29) is 5.56 Å². The quantitative estimate of drug-likeness (QED) is 0.598. The van der Waals surface area contributed by atoms with Crippen LogP contribution < -0.4 is 10.3 Å². The monoisotopic (exact) mass is 396 g/mol. The maximum absolute atomic E-state index is 12.5. The Morgan fingerprint density at radius 1 is 1.21 bits per heavy atom. The molecule has 0 aliphatic heterocycles. The third-order valence-corrected chi connectivity index (χ3v) is 4.57. The SMILES string of the molecule is CCOC(Cc1ccc(OCCn2ncc3cc(C)ccc3c2=O)cc1)C(=O)O. The molecule has 0 radical (unpaired) electrons. The summed E-state index contributed by atoms with van der Waals surface area (Å²) in [6.45, 7) is 4.71. The predicted octanol–water partition coefficient (Wildman–Crippen LogP) is 2.82. The lowest BCUT2D eigenvalue weighted by Crippen LogP contribution is -2.26. The predicted molar refractivity (Wildman–Crippen MR) is 109 cm³/mol. The van der Waals surface area contributed by atoms with Crippen LogP contribution in [-0.2, 0) is 22.5 Å². The Bertz CT molecular complexity index is 1040. The van der Waals surface area contributed by atoms with Gasteiger partial charge in [0, 0.05) is 18.4 Å². The molecule has 0 saturated carbocycles. The van der Waals surface area contributed by atoms with Crippen molar-refractivity contribution in [2.75, 3.05) is 13.2 Å². The zero-order valence-corrected chi connectivity index (χ0v) is 16.5. The van der Waals surface area contributed by atoms with Crippen LogP contribution in [0.1, 0.15) is 18.1 Å². The van der Waals surface area contributed by atoms with E-state index in [4.69, 9.17) is 14.6 Å². The maximum Gasteiger partial charge on any atom is 0.333 e. The van der Waals surface area contributed by atoms with Crippen molar-refractivity contribution in [2.24, 2.45) is 0 Å². The molecule has 0 amide bonds. The smallest absolute Gasteiger partial charge is 0.333 e. The second kappa shape index (κ2) is 9.34. The van der Waals surface area contributed by atoms with E-state index >= 15 is 0 Å². The summed E-state index contributed by atoms with van der Waals surface area (Å²) in [6.07, 6.45) is 1.12. The number of aromatic nitrogens is 2. The minimum absolute atomic E-state index is 0.142. The molecule has 3 rings (SSSR count). The number of aliphatic carboxylic acids is 1. The third kappa shape index (κ3) is 5.20. The lowest BCUT2D eigenvalue weighted by Gasteiger charge is -2.13. The van der Waals surface area contributed by atoms with Gasteiger partial charge in [-0.05, 0) is 43.7 Å². The Balaban J connectivity index is 1.59. The first-order valence-electron chi connectivity index (χ1n) is 9.50. The van der Waals surface area contributed by atoms with Crippen LogP contribution >= 0.6 is 0 Å². The van der Waals surface area contributed by atoms with Crippen LogP contribution in [0, 0.1) is 6.92 Å². The van der Waals surface area contributed by atoms with Crippen LogP contribution in [-0.4, -0.2) is 40.2 Å². The molecule has 29 heavy (non-hydrogen) atoms. The highest BCUT2D eigenvalue weighted by Gasteiger charge is 2.17. The van der Waals surface area contributed by atoms with Gasteiger partial charge in [-0.3, -0.25) is 4.79 Å². The minimum atomic E-state index is -0.976. The highest BCUT2D eigenvalue weighted by Crippen LogP contribution is 2.15. The molecular weight excluding hydrogens is 372 g/mol. The van der Waals surface area contributed by atoms with Crippen LogP contribution in [0.5, 0.6) is 5.75 Å². The van der Waals surface area contributed by atoms with Gasteiger partial charge in [-0.1, -0.05) is 23.8 Å². The van der Waals surface area contributed by atoms with Gasteiger partial charge < -0.3 is 14.6 Å². The summed E-state index contributed by atoms with van der Waals surface area (Å²) in [5, 5.41) is 14.8. The first kappa shape index (κ1) is 20.5. The summed E-state index contributed by atoms with van der Waals surface area (Å²) in [6, 6.07) is 12.8. The van der Waals surface area contributed by atoms with Crippen molar-refractivity contribution in [3.05, 3.63) is 70.1 Å². The summed E-state index contributed by atoms with van der Waals surface area (Å²) in [7, 11) is 0. The molecule has 1 N–H and O–H groups in total. The lowest BCUT2D eigenvalue weighted by molar-refractivity contribution is -0.149. The Kier molecular flexibility index (Phi) is 6.61.